The highest BCUT2D eigenvalue weighted by Gasteiger charge is 2.74. The third-order valence-corrected chi connectivity index (χ3v) is 2.22. The lowest BCUT2D eigenvalue weighted by Crippen LogP contribution is -2.55. The second-order valence-electron chi connectivity index (χ2n) is 3.59. The summed E-state index contributed by atoms with van der Waals surface area (Å²) in [4.78, 5) is 0. The minimum atomic E-state index is -6.79. The molecule has 0 amide bonds. The Balaban J connectivity index is 5.79. The molecule has 0 spiro atoms. The average Bonchev–Trinajstić information content (AvgIpc) is 2.19. The van der Waals surface area contributed by atoms with Crippen molar-refractivity contribution in [3.8, 4) is 0 Å². The number of alkyl halides is 10. The summed E-state index contributed by atoms with van der Waals surface area (Å²) in [5, 5.41) is 0. The quantitative estimate of drug-likeness (QED) is 0.627. The predicted molar refractivity (Wildman–Crippen MR) is 40.4 cm³/mol. The van der Waals surface area contributed by atoms with Gasteiger partial charge in [-0.2, -0.15) is 39.5 Å². The van der Waals surface area contributed by atoms with E-state index in [1.165, 1.54) is 0 Å². The summed E-state index contributed by atoms with van der Waals surface area (Å²) < 4.78 is 146. The van der Waals surface area contributed by atoms with Gasteiger partial charge in [-0.05, 0) is 0 Å². The molecule has 0 saturated carbocycles. The maximum absolute atomic E-state index is 13.0. The van der Waals surface area contributed by atoms with Gasteiger partial charge in [0.1, 0.15) is 18.1 Å². The number of halogens is 12. The van der Waals surface area contributed by atoms with Crippen LogP contribution in [0.3, 0.4) is 0 Å². The molecule has 0 aromatic rings. The van der Waals surface area contributed by atoms with E-state index in [0.717, 1.165) is 0 Å². The Hall–Kier alpha value is -1.10. The molecule has 0 aliphatic rings. The van der Waals surface area contributed by atoms with Gasteiger partial charge < -0.3 is 0 Å². The Morgan fingerprint density at radius 2 is 1.15 bits per heavy atom. The van der Waals surface area contributed by atoms with Crippen LogP contribution in [0.25, 0.3) is 0 Å². The molecule has 0 fully saturated rings. The van der Waals surface area contributed by atoms with Gasteiger partial charge in [0.15, 0.2) is 0 Å². The van der Waals surface area contributed by atoms with Crippen LogP contribution < -0.4 is 0 Å². The van der Waals surface area contributed by atoms with Crippen LogP contribution in [-0.4, -0.2) is 24.2 Å². The van der Waals surface area contributed by atoms with Crippen LogP contribution in [0.5, 0.6) is 0 Å². The van der Waals surface area contributed by atoms with E-state index in [9.17, 15) is 52.7 Å². The van der Waals surface area contributed by atoms with Gasteiger partial charge in [-0.15, -0.1) is 0 Å². The summed E-state index contributed by atoms with van der Waals surface area (Å²) in [6.07, 6.45) is -24.5. The van der Waals surface area contributed by atoms with Crippen molar-refractivity contribution in [1.29, 1.82) is 0 Å². The molecule has 0 N–H and O–H groups in total. The summed E-state index contributed by atoms with van der Waals surface area (Å²) >= 11 is 0. The van der Waals surface area contributed by atoms with Crippen molar-refractivity contribution in [1.82, 2.24) is 0 Å². The van der Waals surface area contributed by atoms with Crippen molar-refractivity contribution in [2.75, 3.05) is 0 Å². The first-order chi connectivity index (χ1) is 8.58. The summed E-state index contributed by atoms with van der Waals surface area (Å²) in [7, 11) is 0. The molecular weight excluding hydrogens is 324 g/mol. The van der Waals surface area contributed by atoms with Gasteiger partial charge in [0.2, 0.25) is 0 Å². The van der Waals surface area contributed by atoms with Gasteiger partial charge in [0.25, 0.3) is 5.67 Å². The molecule has 0 aliphatic heterocycles. The van der Waals surface area contributed by atoms with Crippen molar-refractivity contribution in [3.63, 3.8) is 0 Å². The van der Waals surface area contributed by atoms with Gasteiger partial charge in [0.05, 0.1) is 0 Å². The monoisotopic (exact) mass is 328 g/mol. The molecule has 120 valence electrons. The molecule has 0 saturated heterocycles. The molecule has 1 atom stereocenters. The lowest BCUT2D eigenvalue weighted by molar-refractivity contribution is -0.351. The lowest BCUT2D eigenvalue weighted by Gasteiger charge is -2.33. The fourth-order valence-corrected chi connectivity index (χ4v) is 1.12. The van der Waals surface area contributed by atoms with E-state index in [4.69, 9.17) is 0 Å². The Morgan fingerprint density at radius 3 is 1.35 bits per heavy atom. The molecule has 0 nitrogen and oxygen atoms in total. The van der Waals surface area contributed by atoms with Crippen molar-refractivity contribution in [3.05, 3.63) is 12.2 Å². The van der Waals surface area contributed by atoms with Crippen LogP contribution in [0.15, 0.2) is 12.2 Å². The minimum absolute atomic E-state index is 1.48. The summed E-state index contributed by atoms with van der Waals surface area (Å²) in [6.45, 7) is 0. The second kappa shape index (κ2) is 5.35. The highest BCUT2D eigenvalue weighted by molar-refractivity contribution is 5.05. The molecule has 12 heteroatoms. The average molecular weight is 328 g/mol. The number of rotatable bonds is 3. The van der Waals surface area contributed by atoms with Crippen molar-refractivity contribution in [2.45, 2.75) is 30.6 Å². The Labute approximate surface area is 103 Å². The predicted octanol–water partition coefficient (Wildman–Crippen LogP) is 5.17. The third kappa shape index (κ3) is 3.72. The van der Waals surface area contributed by atoms with E-state index in [0.29, 0.717) is 0 Å². The Bertz CT molecular complexity index is 341. The van der Waals surface area contributed by atoms with E-state index < -0.39 is 48.7 Å². The third-order valence-electron chi connectivity index (χ3n) is 2.22. The van der Waals surface area contributed by atoms with E-state index in [1.54, 1.807) is 0 Å². The minimum Gasteiger partial charge on any atom is -0.224 e. The van der Waals surface area contributed by atoms with Crippen LogP contribution in [0, 0.1) is 5.92 Å². The first-order valence-corrected chi connectivity index (χ1v) is 4.42. The molecule has 0 aliphatic carbocycles. The van der Waals surface area contributed by atoms with E-state index in [1.807, 2.05) is 0 Å². The first kappa shape index (κ1) is 18.9. The van der Waals surface area contributed by atoms with E-state index in [2.05, 4.69) is 0 Å². The van der Waals surface area contributed by atoms with Crippen molar-refractivity contribution < 1.29 is 52.7 Å². The fourth-order valence-electron chi connectivity index (χ4n) is 1.12. The zero-order valence-corrected chi connectivity index (χ0v) is 8.90. The summed E-state index contributed by atoms with van der Waals surface area (Å²) in [5.41, 5.74) is -6.33. The van der Waals surface area contributed by atoms with Crippen LogP contribution in [-0.2, 0) is 0 Å². The largest absolute Gasteiger partial charge is 0.431 e. The zero-order valence-electron chi connectivity index (χ0n) is 8.90. The Kier molecular flexibility index (Phi) is 5.06. The molecule has 20 heavy (non-hydrogen) atoms. The summed E-state index contributed by atoms with van der Waals surface area (Å²) in [6, 6.07) is 0. The van der Waals surface area contributed by atoms with Crippen LogP contribution in [0.1, 0.15) is 6.42 Å². The second-order valence-corrected chi connectivity index (χ2v) is 3.59. The number of allylic oxidation sites excluding steroid dienone is 1. The first-order valence-electron chi connectivity index (χ1n) is 4.42. The standard InChI is InChI=1S/C8H4F12/c9-2-4(10)3(6(12,13)14)1-5(11,7(15,16)17)8(18,19)20/h2-3H,1H2/b4-2-. The number of hydrogen-bond acceptors (Lipinski definition) is 0. The molecule has 1 unspecified atom stereocenters. The Morgan fingerprint density at radius 1 is 0.800 bits per heavy atom. The van der Waals surface area contributed by atoms with Gasteiger partial charge in [0, 0.05) is 6.42 Å². The smallest absolute Gasteiger partial charge is 0.224 e. The molecule has 0 rings (SSSR count). The molecule has 0 radical (unpaired) electrons. The maximum atomic E-state index is 13.0. The molecule has 0 aromatic carbocycles. The fraction of sp³-hybridized carbons (Fsp3) is 0.750. The normalized spacial score (nSPS) is 17.3. The molecule has 0 heterocycles. The van der Waals surface area contributed by atoms with Gasteiger partial charge >= 0.3 is 18.5 Å². The van der Waals surface area contributed by atoms with E-state index >= 15 is 0 Å². The van der Waals surface area contributed by atoms with Crippen molar-refractivity contribution in [2.24, 2.45) is 5.92 Å². The lowest BCUT2D eigenvalue weighted by atomic mass is 9.89. The highest BCUT2D eigenvalue weighted by Crippen LogP contribution is 2.52. The zero-order chi connectivity index (χ0) is 16.6. The highest BCUT2D eigenvalue weighted by atomic mass is 19.4. The molecule has 0 bridgehead atoms. The number of hydrogen-bond donors (Lipinski definition) is 0. The van der Waals surface area contributed by atoms with Gasteiger partial charge in [-0.1, -0.05) is 0 Å². The summed E-state index contributed by atoms with van der Waals surface area (Å²) in [5.74, 6) is -7.21. The molecular formula is C8H4F12. The molecule has 0 aromatic heterocycles. The van der Waals surface area contributed by atoms with E-state index in [-0.39, 0.29) is 0 Å². The topological polar surface area (TPSA) is 0 Å². The van der Waals surface area contributed by atoms with Gasteiger partial charge in [-0.3, -0.25) is 0 Å². The van der Waals surface area contributed by atoms with Crippen LogP contribution in [0.4, 0.5) is 52.7 Å². The van der Waals surface area contributed by atoms with Gasteiger partial charge in [-0.25, -0.2) is 13.2 Å². The van der Waals surface area contributed by atoms with Crippen molar-refractivity contribution >= 4 is 0 Å². The van der Waals surface area contributed by atoms with Crippen LogP contribution >= 0.6 is 0 Å². The van der Waals surface area contributed by atoms with Crippen LogP contribution in [0.2, 0.25) is 0 Å². The SMILES string of the molecule is F/C=C(\F)C(CC(F)(C(F)(F)F)C(F)(F)F)C(F)(F)F. The maximum Gasteiger partial charge on any atom is 0.431 e.